The van der Waals surface area contributed by atoms with E-state index < -0.39 is 11.7 Å². The molecule has 0 fully saturated rings. The first-order valence-corrected chi connectivity index (χ1v) is 6.97. The second-order valence-electron chi connectivity index (χ2n) is 5.08. The van der Waals surface area contributed by atoms with Crippen LogP contribution in [0.25, 0.3) is 0 Å². The molecule has 0 aliphatic rings. The molecule has 0 aliphatic heterocycles. The SMILES string of the molecule is CN(Cc1ccccc1C(F)(F)F)Cc1cccc(O)c1Cl. The van der Waals surface area contributed by atoms with Gasteiger partial charge in [0.2, 0.25) is 0 Å². The van der Waals surface area contributed by atoms with Gasteiger partial charge in [0.25, 0.3) is 0 Å². The summed E-state index contributed by atoms with van der Waals surface area (Å²) in [6.07, 6.45) is -4.37. The van der Waals surface area contributed by atoms with Crippen LogP contribution in [0.3, 0.4) is 0 Å². The fraction of sp³-hybridized carbons (Fsp3) is 0.250. The summed E-state index contributed by atoms with van der Waals surface area (Å²) in [5.41, 5.74) is 0.228. The van der Waals surface area contributed by atoms with Crippen LogP contribution in [-0.4, -0.2) is 17.1 Å². The minimum atomic E-state index is -4.37. The van der Waals surface area contributed by atoms with Crippen LogP contribution in [-0.2, 0) is 19.3 Å². The Balaban J connectivity index is 2.16. The van der Waals surface area contributed by atoms with Crippen molar-refractivity contribution in [2.75, 3.05) is 7.05 Å². The van der Waals surface area contributed by atoms with E-state index in [1.165, 1.54) is 18.2 Å². The summed E-state index contributed by atoms with van der Waals surface area (Å²) in [4.78, 5) is 1.71. The summed E-state index contributed by atoms with van der Waals surface area (Å²) in [5, 5.41) is 9.78. The van der Waals surface area contributed by atoms with Crippen LogP contribution < -0.4 is 0 Å². The van der Waals surface area contributed by atoms with Gasteiger partial charge >= 0.3 is 6.18 Å². The standard InChI is InChI=1S/C16H15ClF3NO/c1-21(10-12-6-4-8-14(22)15(12)17)9-11-5-2-3-7-13(11)16(18,19)20/h2-8,22H,9-10H2,1H3. The van der Waals surface area contributed by atoms with Crippen molar-refractivity contribution >= 4 is 11.6 Å². The summed E-state index contributed by atoms with van der Waals surface area (Å²) >= 11 is 5.99. The van der Waals surface area contributed by atoms with Gasteiger partial charge in [-0.15, -0.1) is 0 Å². The smallest absolute Gasteiger partial charge is 0.416 e. The van der Waals surface area contributed by atoms with Crippen LogP contribution in [0.5, 0.6) is 5.75 Å². The number of nitrogens with zero attached hydrogens (tertiary/aromatic N) is 1. The molecule has 0 radical (unpaired) electrons. The second kappa shape index (κ2) is 6.58. The number of halogens is 4. The lowest BCUT2D eigenvalue weighted by molar-refractivity contribution is -0.138. The molecule has 0 spiro atoms. The lowest BCUT2D eigenvalue weighted by Gasteiger charge is -2.20. The highest BCUT2D eigenvalue weighted by atomic mass is 35.5. The Bertz CT molecular complexity index is 658. The van der Waals surface area contributed by atoms with Gasteiger partial charge in [0.15, 0.2) is 0 Å². The molecule has 6 heteroatoms. The number of alkyl halides is 3. The molecule has 0 aromatic heterocycles. The zero-order chi connectivity index (χ0) is 16.3. The number of rotatable bonds is 4. The number of hydrogen-bond acceptors (Lipinski definition) is 2. The van der Waals surface area contributed by atoms with Gasteiger partial charge in [-0.1, -0.05) is 41.9 Å². The maximum Gasteiger partial charge on any atom is 0.416 e. The highest BCUT2D eigenvalue weighted by Gasteiger charge is 2.32. The predicted molar refractivity (Wildman–Crippen MR) is 79.7 cm³/mol. The highest BCUT2D eigenvalue weighted by Crippen LogP contribution is 2.33. The maximum atomic E-state index is 13.0. The molecule has 0 amide bonds. The molecule has 0 aliphatic carbocycles. The van der Waals surface area contributed by atoms with Gasteiger partial charge < -0.3 is 5.11 Å². The van der Waals surface area contributed by atoms with Crippen molar-refractivity contribution in [2.45, 2.75) is 19.3 Å². The summed E-state index contributed by atoms with van der Waals surface area (Å²) in [7, 11) is 1.70. The van der Waals surface area contributed by atoms with Gasteiger partial charge in [-0.25, -0.2) is 0 Å². The van der Waals surface area contributed by atoms with Gasteiger partial charge in [-0.2, -0.15) is 13.2 Å². The number of phenols is 1. The molecule has 2 aromatic rings. The summed E-state index contributed by atoms with van der Waals surface area (Å²) in [6, 6.07) is 10.3. The highest BCUT2D eigenvalue weighted by molar-refractivity contribution is 6.32. The third-order valence-corrected chi connectivity index (χ3v) is 3.70. The molecule has 0 atom stereocenters. The minimum Gasteiger partial charge on any atom is -0.506 e. The van der Waals surface area contributed by atoms with E-state index >= 15 is 0 Å². The first-order chi connectivity index (χ1) is 10.3. The molecular formula is C16H15ClF3NO. The molecule has 0 bridgehead atoms. The van der Waals surface area contributed by atoms with Crippen molar-refractivity contribution in [2.24, 2.45) is 0 Å². The molecule has 118 valence electrons. The molecule has 0 unspecified atom stereocenters. The van der Waals surface area contributed by atoms with E-state index in [4.69, 9.17) is 11.6 Å². The van der Waals surface area contributed by atoms with Crippen molar-refractivity contribution in [3.8, 4) is 5.75 Å². The first kappa shape index (κ1) is 16.6. The molecule has 2 rings (SSSR count). The maximum absolute atomic E-state index is 13.0. The molecule has 0 heterocycles. The Morgan fingerprint density at radius 1 is 1.00 bits per heavy atom. The molecule has 1 N–H and O–H groups in total. The third kappa shape index (κ3) is 3.93. The van der Waals surface area contributed by atoms with Gasteiger partial charge in [0, 0.05) is 13.1 Å². The Morgan fingerprint density at radius 2 is 1.59 bits per heavy atom. The quantitative estimate of drug-likeness (QED) is 0.879. The average Bonchev–Trinajstić information content (AvgIpc) is 2.43. The van der Waals surface area contributed by atoms with Crippen LogP contribution >= 0.6 is 11.6 Å². The third-order valence-electron chi connectivity index (χ3n) is 3.26. The zero-order valence-corrected chi connectivity index (χ0v) is 12.6. The van der Waals surface area contributed by atoms with E-state index in [0.717, 1.165) is 6.07 Å². The van der Waals surface area contributed by atoms with Gasteiger partial charge in [0.05, 0.1) is 10.6 Å². The average molecular weight is 330 g/mol. The van der Waals surface area contributed by atoms with Crippen molar-refractivity contribution in [1.82, 2.24) is 4.90 Å². The second-order valence-corrected chi connectivity index (χ2v) is 5.46. The Hall–Kier alpha value is -1.72. The monoisotopic (exact) mass is 329 g/mol. The van der Waals surface area contributed by atoms with Gasteiger partial charge in [-0.3, -0.25) is 4.90 Å². The lowest BCUT2D eigenvalue weighted by Crippen LogP contribution is -2.20. The van der Waals surface area contributed by atoms with Crippen molar-refractivity contribution in [3.05, 3.63) is 64.2 Å². The van der Waals surface area contributed by atoms with Crippen LogP contribution in [0.15, 0.2) is 42.5 Å². The fourth-order valence-corrected chi connectivity index (χ4v) is 2.45. The van der Waals surface area contributed by atoms with Crippen LogP contribution in [0.2, 0.25) is 5.02 Å². The zero-order valence-electron chi connectivity index (χ0n) is 11.9. The van der Waals surface area contributed by atoms with E-state index in [-0.39, 0.29) is 22.9 Å². The Morgan fingerprint density at radius 3 is 2.27 bits per heavy atom. The van der Waals surface area contributed by atoms with E-state index in [1.54, 1.807) is 30.1 Å². The van der Waals surface area contributed by atoms with Crippen LogP contribution in [0, 0.1) is 0 Å². The summed E-state index contributed by atoms with van der Waals surface area (Å²) < 4.78 is 38.9. The van der Waals surface area contributed by atoms with Gasteiger partial charge in [-0.05, 0) is 30.3 Å². The number of aromatic hydroxyl groups is 1. The Labute approximate surface area is 131 Å². The van der Waals surface area contributed by atoms with Gasteiger partial charge in [0.1, 0.15) is 5.75 Å². The summed E-state index contributed by atoms with van der Waals surface area (Å²) in [5.74, 6) is -0.0386. The van der Waals surface area contributed by atoms with E-state index in [9.17, 15) is 18.3 Å². The van der Waals surface area contributed by atoms with Crippen molar-refractivity contribution in [1.29, 1.82) is 0 Å². The van der Waals surface area contributed by atoms with Crippen molar-refractivity contribution < 1.29 is 18.3 Å². The molecule has 2 nitrogen and oxygen atoms in total. The van der Waals surface area contributed by atoms with E-state index in [1.807, 2.05) is 0 Å². The predicted octanol–water partition coefficient (Wildman–Crippen LogP) is 4.70. The number of phenolic OH excluding ortho intramolecular Hbond substituents is 1. The van der Waals surface area contributed by atoms with E-state index in [2.05, 4.69) is 0 Å². The molecule has 2 aromatic carbocycles. The normalized spacial score (nSPS) is 11.9. The van der Waals surface area contributed by atoms with Crippen molar-refractivity contribution in [3.63, 3.8) is 0 Å². The molecular weight excluding hydrogens is 315 g/mol. The number of benzene rings is 2. The largest absolute Gasteiger partial charge is 0.506 e. The van der Waals surface area contributed by atoms with Crippen LogP contribution in [0.4, 0.5) is 13.2 Å². The topological polar surface area (TPSA) is 23.5 Å². The Kier molecular flexibility index (Phi) is 4.98. The lowest BCUT2D eigenvalue weighted by atomic mass is 10.1. The minimum absolute atomic E-state index is 0.0386. The molecule has 0 saturated heterocycles. The van der Waals surface area contributed by atoms with E-state index in [0.29, 0.717) is 12.1 Å². The number of hydrogen-bond donors (Lipinski definition) is 1. The summed E-state index contributed by atoms with van der Waals surface area (Å²) in [6.45, 7) is 0.459. The molecule has 22 heavy (non-hydrogen) atoms. The molecule has 0 saturated carbocycles. The van der Waals surface area contributed by atoms with Crippen LogP contribution in [0.1, 0.15) is 16.7 Å². The fourth-order valence-electron chi connectivity index (χ4n) is 2.26. The first-order valence-electron chi connectivity index (χ1n) is 6.59.